The minimum atomic E-state index is -0.848. The summed E-state index contributed by atoms with van der Waals surface area (Å²) in [5, 5.41) is 12.4. The summed E-state index contributed by atoms with van der Waals surface area (Å²) in [4.78, 5) is 41.5. The summed E-state index contributed by atoms with van der Waals surface area (Å²) in [5.74, 6) is -0.447. The quantitative estimate of drug-likeness (QED) is 0.695. The van der Waals surface area contributed by atoms with Crippen LogP contribution in [0.4, 0.5) is 0 Å². The fourth-order valence-corrected chi connectivity index (χ4v) is 4.03. The standard InChI is InChI=1S/C15H20N4O4S/c1-2-18(8-12(20)21)10-5-9(6-10)17-13(22)11-7-16-15-19(14(11)23)3-4-24-15/h7,9-10H,2-6,8H2,1H3,(H,17,22)(H,20,21). The van der Waals surface area contributed by atoms with Crippen molar-refractivity contribution >= 4 is 23.6 Å². The molecule has 1 aromatic heterocycles. The molecule has 9 heteroatoms. The van der Waals surface area contributed by atoms with Gasteiger partial charge in [0.15, 0.2) is 5.16 Å². The highest BCUT2D eigenvalue weighted by molar-refractivity contribution is 7.99. The summed E-state index contributed by atoms with van der Waals surface area (Å²) in [7, 11) is 0. The molecule has 1 saturated carbocycles. The molecular formula is C15H20N4O4S. The molecule has 0 unspecified atom stereocenters. The van der Waals surface area contributed by atoms with Gasteiger partial charge < -0.3 is 10.4 Å². The highest BCUT2D eigenvalue weighted by atomic mass is 32.2. The smallest absolute Gasteiger partial charge is 0.317 e. The van der Waals surface area contributed by atoms with Crippen LogP contribution in [0.5, 0.6) is 0 Å². The van der Waals surface area contributed by atoms with Crippen molar-refractivity contribution in [3.63, 3.8) is 0 Å². The van der Waals surface area contributed by atoms with E-state index in [1.54, 1.807) is 0 Å². The van der Waals surface area contributed by atoms with Crippen molar-refractivity contribution < 1.29 is 14.7 Å². The molecule has 130 valence electrons. The van der Waals surface area contributed by atoms with Crippen LogP contribution in [0.3, 0.4) is 0 Å². The number of aromatic nitrogens is 2. The number of carboxylic acids is 1. The maximum atomic E-state index is 12.3. The van der Waals surface area contributed by atoms with E-state index in [2.05, 4.69) is 10.3 Å². The largest absolute Gasteiger partial charge is 0.480 e. The molecule has 1 aromatic rings. The molecule has 1 aliphatic carbocycles. The molecule has 2 heterocycles. The Labute approximate surface area is 143 Å². The Bertz CT molecular complexity index is 714. The minimum absolute atomic E-state index is 0.00951. The van der Waals surface area contributed by atoms with E-state index in [9.17, 15) is 14.4 Å². The Kier molecular flexibility index (Phi) is 4.91. The van der Waals surface area contributed by atoms with Crippen LogP contribution in [0.25, 0.3) is 0 Å². The molecule has 3 rings (SSSR count). The van der Waals surface area contributed by atoms with E-state index in [-0.39, 0.29) is 29.8 Å². The topological polar surface area (TPSA) is 105 Å². The van der Waals surface area contributed by atoms with Crippen LogP contribution < -0.4 is 10.9 Å². The van der Waals surface area contributed by atoms with E-state index in [0.29, 0.717) is 31.1 Å². The number of hydrogen-bond acceptors (Lipinski definition) is 6. The fraction of sp³-hybridized carbons (Fsp3) is 0.600. The van der Waals surface area contributed by atoms with Crippen LogP contribution in [-0.4, -0.2) is 62.4 Å². The Balaban J connectivity index is 1.58. The maximum Gasteiger partial charge on any atom is 0.317 e. The number of carbonyl (C=O) groups is 2. The maximum absolute atomic E-state index is 12.3. The summed E-state index contributed by atoms with van der Waals surface area (Å²) >= 11 is 1.51. The average molecular weight is 352 g/mol. The van der Waals surface area contributed by atoms with E-state index in [4.69, 9.17) is 5.11 Å². The van der Waals surface area contributed by atoms with E-state index in [1.807, 2.05) is 11.8 Å². The number of rotatable bonds is 6. The Hall–Kier alpha value is -1.87. The molecule has 2 aliphatic rings. The zero-order valence-corrected chi connectivity index (χ0v) is 14.2. The number of carbonyl (C=O) groups excluding carboxylic acids is 1. The van der Waals surface area contributed by atoms with Crippen molar-refractivity contribution in [3.05, 3.63) is 22.1 Å². The van der Waals surface area contributed by atoms with Gasteiger partial charge in [-0.15, -0.1) is 0 Å². The second-order valence-electron chi connectivity index (χ2n) is 6.01. The zero-order valence-electron chi connectivity index (χ0n) is 13.4. The van der Waals surface area contributed by atoms with Gasteiger partial charge in [-0.1, -0.05) is 18.7 Å². The molecular weight excluding hydrogens is 332 g/mol. The second kappa shape index (κ2) is 6.94. The van der Waals surface area contributed by atoms with Gasteiger partial charge in [0.25, 0.3) is 11.5 Å². The third-order valence-corrected chi connectivity index (χ3v) is 5.48. The second-order valence-corrected chi connectivity index (χ2v) is 7.07. The van der Waals surface area contributed by atoms with Crippen LogP contribution in [-0.2, 0) is 11.3 Å². The van der Waals surface area contributed by atoms with Crippen LogP contribution in [0.2, 0.25) is 0 Å². The molecule has 0 saturated heterocycles. The van der Waals surface area contributed by atoms with Crippen molar-refractivity contribution in [2.24, 2.45) is 0 Å². The van der Waals surface area contributed by atoms with Crippen LogP contribution in [0, 0.1) is 0 Å². The SMILES string of the molecule is CCN(CC(=O)O)C1CC(NC(=O)c2cnc3n(c2=O)CCS3)C1. The molecule has 1 aliphatic heterocycles. The lowest BCUT2D eigenvalue weighted by molar-refractivity contribution is -0.139. The van der Waals surface area contributed by atoms with Crippen molar-refractivity contribution in [2.45, 2.75) is 43.6 Å². The minimum Gasteiger partial charge on any atom is -0.480 e. The normalized spacial score (nSPS) is 22.1. The average Bonchev–Trinajstić information content (AvgIpc) is 2.98. The highest BCUT2D eigenvalue weighted by Crippen LogP contribution is 2.26. The summed E-state index contributed by atoms with van der Waals surface area (Å²) < 4.78 is 1.54. The van der Waals surface area contributed by atoms with E-state index in [1.165, 1.54) is 22.5 Å². The van der Waals surface area contributed by atoms with Gasteiger partial charge in [0, 0.05) is 30.6 Å². The van der Waals surface area contributed by atoms with Gasteiger partial charge in [0.2, 0.25) is 0 Å². The molecule has 0 radical (unpaired) electrons. The van der Waals surface area contributed by atoms with Crippen LogP contribution >= 0.6 is 11.8 Å². The van der Waals surface area contributed by atoms with Gasteiger partial charge >= 0.3 is 5.97 Å². The van der Waals surface area contributed by atoms with Gasteiger partial charge in [-0.3, -0.25) is 23.9 Å². The molecule has 1 amide bonds. The first-order valence-corrected chi connectivity index (χ1v) is 8.97. The highest BCUT2D eigenvalue weighted by Gasteiger charge is 2.35. The molecule has 0 aromatic carbocycles. The number of fused-ring (bicyclic) bond motifs is 1. The number of nitrogens with zero attached hydrogens (tertiary/aromatic N) is 3. The van der Waals surface area contributed by atoms with E-state index >= 15 is 0 Å². The lowest BCUT2D eigenvalue weighted by Crippen LogP contribution is -2.55. The third-order valence-electron chi connectivity index (χ3n) is 4.51. The molecule has 1 fully saturated rings. The van der Waals surface area contributed by atoms with Gasteiger partial charge in [-0.05, 0) is 19.4 Å². The van der Waals surface area contributed by atoms with Crippen molar-refractivity contribution in [3.8, 4) is 0 Å². The number of hydrogen-bond donors (Lipinski definition) is 2. The van der Waals surface area contributed by atoms with Crippen LogP contribution in [0.1, 0.15) is 30.1 Å². The molecule has 8 nitrogen and oxygen atoms in total. The summed E-state index contributed by atoms with van der Waals surface area (Å²) in [6.45, 7) is 3.17. The summed E-state index contributed by atoms with van der Waals surface area (Å²) in [6, 6.07) is 0.129. The number of thioether (sulfide) groups is 1. The van der Waals surface area contributed by atoms with Gasteiger partial charge in [0.1, 0.15) is 5.56 Å². The van der Waals surface area contributed by atoms with Gasteiger partial charge in [-0.25, -0.2) is 4.98 Å². The summed E-state index contributed by atoms with van der Waals surface area (Å²) in [5.41, 5.74) is -0.220. The lowest BCUT2D eigenvalue weighted by Gasteiger charge is -2.42. The Morgan fingerprint density at radius 3 is 2.92 bits per heavy atom. The monoisotopic (exact) mass is 352 g/mol. The number of amides is 1. The zero-order chi connectivity index (χ0) is 17.3. The molecule has 24 heavy (non-hydrogen) atoms. The first kappa shape index (κ1) is 17.0. The Morgan fingerprint density at radius 1 is 1.50 bits per heavy atom. The predicted octanol–water partition coefficient (Wildman–Crippen LogP) is 0.0163. The van der Waals surface area contributed by atoms with E-state index in [0.717, 1.165) is 5.75 Å². The van der Waals surface area contributed by atoms with Crippen molar-refractivity contribution in [2.75, 3.05) is 18.8 Å². The van der Waals surface area contributed by atoms with Gasteiger partial charge in [-0.2, -0.15) is 0 Å². The predicted molar refractivity (Wildman–Crippen MR) is 88.4 cm³/mol. The molecule has 2 N–H and O–H groups in total. The fourth-order valence-electron chi connectivity index (χ4n) is 3.11. The lowest BCUT2D eigenvalue weighted by atomic mass is 9.85. The van der Waals surface area contributed by atoms with Gasteiger partial charge in [0.05, 0.1) is 6.54 Å². The number of carboxylic acid groups (broad SMARTS) is 1. The number of nitrogens with one attached hydrogen (secondary N) is 1. The molecule has 0 spiro atoms. The van der Waals surface area contributed by atoms with Crippen LogP contribution in [0.15, 0.2) is 16.1 Å². The van der Waals surface area contributed by atoms with E-state index < -0.39 is 11.9 Å². The number of likely N-dealkylation sites (N-methyl/N-ethyl adjacent to an activating group) is 1. The third kappa shape index (κ3) is 3.32. The number of aliphatic carboxylic acids is 1. The van der Waals surface area contributed by atoms with Crippen molar-refractivity contribution in [1.82, 2.24) is 19.8 Å². The molecule has 0 atom stereocenters. The Morgan fingerprint density at radius 2 is 2.25 bits per heavy atom. The summed E-state index contributed by atoms with van der Waals surface area (Å²) in [6.07, 6.45) is 2.74. The first-order valence-electron chi connectivity index (χ1n) is 7.99. The first-order chi connectivity index (χ1) is 11.5. The molecule has 0 bridgehead atoms. The van der Waals surface area contributed by atoms with Crippen molar-refractivity contribution in [1.29, 1.82) is 0 Å².